The van der Waals surface area contributed by atoms with E-state index in [0.717, 1.165) is 33.5 Å². The quantitative estimate of drug-likeness (QED) is 0.213. The molecule has 210 valence electrons. The van der Waals surface area contributed by atoms with E-state index in [2.05, 4.69) is 158 Å². The highest BCUT2D eigenvalue weighted by atomic mass is 15.2. The Labute approximate surface area is 257 Å². The lowest BCUT2D eigenvalue weighted by atomic mass is 9.73. The van der Waals surface area contributed by atoms with Crippen molar-refractivity contribution in [2.75, 3.05) is 4.90 Å². The Morgan fingerprint density at radius 2 is 1.16 bits per heavy atom. The van der Waals surface area contributed by atoms with Crippen LogP contribution in [-0.4, -0.2) is 4.57 Å². The lowest BCUT2D eigenvalue weighted by Gasteiger charge is -2.42. The molecule has 3 nitrogen and oxygen atoms in total. The third-order valence-corrected chi connectivity index (χ3v) is 9.36. The van der Waals surface area contributed by atoms with Gasteiger partial charge in [0.15, 0.2) is 0 Å². The summed E-state index contributed by atoms with van der Waals surface area (Å²) in [5.74, 6) is 0. The molecule has 1 aliphatic heterocycles. The maximum absolute atomic E-state index is 10.4. The van der Waals surface area contributed by atoms with Gasteiger partial charge in [0.05, 0.1) is 33.7 Å². The monoisotopic (exact) mass is 565 g/mol. The van der Waals surface area contributed by atoms with E-state index in [1.54, 1.807) is 0 Å². The number of anilines is 3. The Morgan fingerprint density at radius 1 is 0.591 bits per heavy atom. The Balaban J connectivity index is 1.41. The molecule has 0 radical (unpaired) electrons. The first-order chi connectivity index (χ1) is 21.5. The van der Waals surface area contributed by atoms with Gasteiger partial charge in [-0.25, -0.2) is 0 Å². The Morgan fingerprint density at radius 3 is 1.77 bits per heavy atom. The lowest BCUT2D eigenvalue weighted by molar-refractivity contribution is 0.632. The summed E-state index contributed by atoms with van der Waals surface area (Å²) in [4.78, 5) is 2.42. The number of nitrogens with zero attached hydrogens (tertiary/aromatic N) is 3. The highest BCUT2D eigenvalue weighted by Crippen LogP contribution is 2.52. The minimum absolute atomic E-state index is 0.125. The van der Waals surface area contributed by atoms with Gasteiger partial charge in [-0.2, -0.15) is 5.26 Å². The van der Waals surface area contributed by atoms with Gasteiger partial charge < -0.3 is 9.47 Å². The normalized spacial score (nSPS) is 13.5. The topological polar surface area (TPSA) is 32.0 Å². The van der Waals surface area contributed by atoms with Crippen LogP contribution in [0.4, 0.5) is 17.1 Å². The molecule has 0 saturated carbocycles. The zero-order chi connectivity index (χ0) is 30.0. The molecule has 0 N–H and O–H groups in total. The van der Waals surface area contributed by atoms with Crippen molar-refractivity contribution in [1.29, 1.82) is 5.26 Å². The summed E-state index contributed by atoms with van der Waals surface area (Å²) < 4.78 is 2.27. The van der Waals surface area contributed by atoms with Crippen LogP contribution in [-0.2, 0) is 5.41 Å². The third-order valence-electron chi connectivity index (χ3n) is 9.36. The van der Waals surface area contributed by atoms with E-state index in [9.17, 15) is 5.26 Å². The molecular weight excluding hydrogens is 534 g/mol. The number of hydrogen-bond acceptors (Lipinski definition) is 2. The summed E-state index contributed by atoms with van der Waals surface area (Å²) in [6.07, 6.45) is 0. The molecule has 7 aromatic rings. The zero-order valence-corrected chi connectivity index (χ0v) is 25.0. The average molecular weight is 566 g/mol. The van der Waals surface area contributed by atoms with Crippen LogP contribution < -0.4 is 4.90 Å². The second-order valence-corrected chi connectivity index (χ2v) is 12.2. The van der Waals surface area contributed by atoms with Crippen LogP contribution >= 0.6 is 0 Å². The van der Waals surface area contributed by atoms with E-state index in [1.165, 1.54) is 38.8 Å². The first kappa shape index (κ1) is 26.1. The molecule has 0 fully saturated rings. The van der Waals surface area contributed by atoms with Gasteiger partial charge in [0, 0.05) is 27.4 Å². The lowest BCUT2D eigenvalue weighted by Crippen LogP contribution is -2.30. The fourth-order valence-corrected chi connectivity index (χ4v) is 7.22. The van der Waals surface area contributed by atoms with Crippen molar-refractivity contribution < 1.29 is 0 Å². The SMILES string of the molecule is Cc1ccc(-c2cccc(C#N)c2-n2c3ccccc3c3ccccc32)cc1N1c2ccccc2C(C)(C)c2ccccc21. The first-order valence-corrected chi connectivity index (χ1v) is 15.1. The molecule has 1 aliphatic rings. The van der Waals surface area contributed by atoms with Gasteiger partial charge >= 0.3 is 0 Å². The maximum Gasteiger partial charge on any atom is 0.101 e. The van der Waals surface area contributed by atoms with Gasteiger partial charge in [0.25, 0.3) is 0 Å². The summed E-state index contributed by atoms with van der Waals surface area (Å²) in [5, 5.41) is 12.8. The minimum Gasteiger partial charge on any atom is -0.310 e. The van der Waals surface area contributed by atoms with Gasteiger partial charge in [0.1, 0.15) is 6.07 Å². The van der Waals surface area contributed by atoms with E-state index in [-0.39, 0.29) is 5.41 Å². The van der Waals surface area contributed by atoms with Crippen molar-refractivity contribution in [2.24, 2.45) is 0 Å². The van der Waals surface area contributed by atoms with E-state index in [1.807, 2.05) is 12.1 Å². The van der Waals surface area contributed by atoms with Gasteiger partial charge in [0.2, 0.25) is 0 Å². The zero-order valence-electron chi connectivity index (χ0n) is 25.0. The van der Waals surface area contributed by atoms with Crippen molar-refractivity contribution in [2.45, 2.75) is 26.2 Å². The van der Waals surface area contributed by atoms with Crippen LogP contribution in [0.15, 0.2) is 133 Å². The van der Waals surface area contributed by atoms with Crippen LogP contribution in [0.3, 0.4) is 0 Å². The minimum atomic E-state index is -0.125. The number of aromatic nitrogens is 1. The smallest absolute Gasteiger partial charge is 0.101 e. The predicted molar refractivity (Wildman–Crippen MR) is 182 cm³/mol. The Kier molecular flexibility index (Phi) is 5.76. The van der Waals surface area contributed by atoms with Crippen LogP contribution in [0.2, 0.25) is 0 Å². The van der Waals surface area contributed by atoms with Crippen LogP contribution in [0.1, 0.15) is 36.1 Å². The van der Waals surface area contributed by atoms with Crippen LogP contribution in [0, 0.1) is 18.3 Å². The second kappa shape index (κ2) is 9.73. The standard InChI is InChI=1S/C41H31N3/c1-27-23-24-28(25-39(27)43-37-21-10-6-17-33(37)41(2,3)34-18-7-11-22-38(34)43)30-16-12-13-29(26-42)40(30)44-35-19-8-4-14-31(35)32-15-5-9-20-36(32)44/h4-25H,1-3H3. The fourth-order valence-electron chi connectivity index (χ4n) is 7.22. The molecular formula is C41H31N3. The summed E-state index contributed by atoms with van der Waals surface area (Å²) in [5.41, 5.74) is 13.0. The van der Waals surface area contributed by atoms with Crippen molar-refractivity contribution >= 4 is 38.9 Å². The number of fused-ring (bicyclic) bond motifs is 5. The van der Waals surface area contributed by atoms with E-state index < -0.39 is 0 Å². The molecule has 0 bridgehead atoms. The number of aryl methyl sites for hydroxylation is 1. The first-order valence-electron chi connectivity index (χ1n) is 15.1. The summed E-state index contributed by atoms with van der Waals surface area (Å²) in [6, 6.07) is 49.8. The van der Waals surface area contributed by atoms with E-state index in [4.69, 9.17) is 0 Å². The summed E-state index contributed by atoms with van der Waals surface area (Å²) >= 11 is 0. The largest absolute Gasteiger partial charge is 0.310 e. The second-order valence-electron chi connectivity index (χ2n) is 12.2. The number of benzene rings is 6. The highest BCUT2D eigenvalue weighted by Gasteiger charge is 2.36. The number of rotatable bonds is 3. The number of nitriles is 1. The molecule has 0 amide bonds. The molecule has 1 aromatic heterocycles. The number of hydrogen-bond donors (Lipinski definition) is 0. The van der Waals surface area contributed by atoms with Gasteiger partial charge in [-0.05, 0) is 65.6 Å². The summed E-state index contributed by atoms with van der Waals surface area (Å²) in [6.45, 7) is 6.82. The van der Waals surface area contributed by atoms with Crippen molar-refractivity contribution in [1.82, 2.24) is 4.57 Å². The average Bonchev–Trinajstić information content (AvgIpc) is 3.39. The molecule has 44 heavy (non-hydrogen) atoms. The summed E-state index contributed by atoms with van der Waals surface area (Å²) in [7, 11) is 0. The number of para-hydroxylation sites is 5. The molecule has 0 saturated heterocycles. The van der Waals surface area contributed by atoms with E-state index >= 15 is 0 Å². The Hall–Kier alpha value is -5.59. The molecule has 3 heteroatoms. The molecule has 0 atom stereocenters. The van der Waals surface area contributed by atoms with Crippen molar-refractivity contribution in [3.63, 3.8) is 0 Å². The van der Waals surface area contributed by atoms with E-state index in [0.29, 0.717) is 5.56 Å². The van der Waals surface area contributed by atoms with Gasteiger partial charge in [-0.1, -0.05) is 111 Å². The van der Waals surface area contributed by atoms with Gasteiger partial charge in [-0.15, -0.1) is 0 Å². The molecule has 2 heterocycles. The Bertz CT molecular complexity index is 2190. The van der Waals surface area contributed by atoms with Gasteiger partial charge in [-0.3, -0.25) is 0 Å². The predicted octanol–water partition coefficient (Wildman–Crippen LogP) is 10.7. The highest BCUT2D eigenvalue weighted by molar-refractivity contribution is 6.10. The van der Waals surface area contributed by atoms with Crippen molar-refractivity contribution in [3.8, 4) is 22.9 Å². The molecule has 0 spiro atoms. The molecule has 0 aliphatic carbocycles. The van der Waals surface area contributed by atoms with Crippen LogP contribution in [0.5, 0.6) is 0 Å². The maximum atomic E-state index is 10.4. The third kappa shape index (κ3) is 3.68. The molecule has 8 rings (SSSR count). The van der Waals surface area contributed by atoms with Crippen molar-refractivity contribution in [3.05, 3.63) is 156 Å². The molecule has 6 aromatic carbocycles. The molecule has 0 unspecified atom stereocenters. The fraction of sp³-hybridized carbons (Fsp3) is 0.0976. The van der Waals surface area contributed by atoms with Crippen LogP contribution in [0.25, 0.3) is 38.6 Å².